The lowest BCUT2D eigenvalue weighted by atomic mass is 11.3. The SMILES string of the molecule is CN(C)P(=O)(O)Cl. The van der Waals surface area contributed by atoms with Gasteiger partial charge < -0.3 is 4.89 Å². The van der Waals surface area contributed by atoms with Gasteiger partial charge in [0, 0.05) is 0 Å². The molecule has 0 aliphatic carbocycles. The van der Waals surface area contributed by atoms with E-state index in [1.54, 1.807) is 0 Å². The van der Waals surface area contributed by atoms with Gasteiger partial charge >= 0.3 is 6.87 Å². The average Bonchev–Trinajstić information content (AvgIpc) is 1.31. The summed E-state index contributed by atoms with van der Waals surface area (Å²) in [6.45, 7) is -3.43. The lowest BCUT2D eigenvalue weighted by molar-refractivity contribution is 0.431. The maximum absolute atomic E-state index is 10.2. The summed E-state index contributed by atoms with van der Waals surface area (Å²) < 4.78 is 11.2. The average molecular weight is 144 g/mol. The van der Waals surface area contributed by atoms with Crippen LogP contribution in [0.5, 0.6) is 0 Å². The third kappa shape index (κ3) is 3.06. The monoisotopic (exact) mass is 143 g/mol. The molecule has 0 spiro atoms. The van der Waals surface area contributed by atoms with Gasteiger partial charge in [-0.3, -0.25) is 4.57 Å². The topological polar surface area (TPSA) is 40.5 Å². The van der Waals surface area contributed by atoms with E-state index in [-0.39, 0.29) is 0 Å². The Morgan fingerprint density at radius 3 is 1.86 bits per heavy atom. The van der Waals surface area contributed by atoms with Crippen molar-refractivity contribution in [2.24, 2.45) is 0 Å². The summed E-state index contributed by atoms with van der Waals surface area (Å²) in [7, 11) is 2.88. The predicted molar refractivity (Wildman–Crippen MR) is 29.4 cm³/mol. The zero-order chi connectivity index (χ0) is 6.08. The molecule has 0 aliphatic heterocycles. The number of halogens is 1. The predicted octanol–water partition coefficient (Wildman–Crippen LogP) is 0.887. The van der Waals surface area contributed by atoms with Crippen LogP contribution in [0.25, 0.3) is 0 Å². The smallest absolute Gasteiger partial charge is 0.322 e. The van der Waals surface area contributed by atoms with E-state index in [0.29, 0.717) is 0 Å². The van der Waals surface area contributed by atoms with Crippen LogP contribution in [0, 0.1) is 0 Å². The largest absolute Gasteiger partial charge is 0.360 e. The molecule has 0 aromatic rings. The van der Waals surface area contributed by atoms with Gasteiger partial charge in [0.15, 0.2) is 0 Å². The molecule has 3 nitrogen and oxygen atoms in total. The maximum atomic E-state index is 10.2. The van der Waals surface area contributed by atoms with Crippen LogP contribution in [-0.4, -0.2) is 23.7 Å². The van der Waals surface area contributed by atoms with Crippen LogP contribution >= 0.6 is 18.1 Å². The summed E-state index contributed by atoms with van der Waals surface area (Å²) in [5.74, 6) is 0. The zero-order valence-corrected chi connectivity index (χ0v) is 5.78. The molecule has 0 heterocycles. The van der Waals surface area contributed by atoms with Crippen molar-refractivity contribution in [3.05, 3.63) is 0 Å². The molecule has 0 fully saturated rings. The summed E-state index contributed by atoms with van der Waals surface area (Å²) >= 11 is 4.91. The van der Waals surface area contributed by atoms with Crippen molar-refractivity contribution >= 4 is 18.1 Å². The van der Waals surface area contributed by atoms with Crippen molar-refractivity contribution < 1.29 is 9.46 Å². The Labute approximate surface area is 47.2 Å². The molecule has 0 radical (unpaired) electrons. The molecule has 0 saturated carbocycles. The lowest BCUT2D eigenvalue weighted by Crippen LogP contribution is -2.02. The Morgan fingerprint density at radius 2 is 1.86 bits per heavy atom. The molecule has 7 heavy (non-hydrogen) atoms. The van der Waals surface area contributed by atoms with Gasteiger partial charge in [0.05, 0.1) is 0 Å². The van der Waals surface area contributed by atoms with Crippen LogP contribution in [0.3, 0.4) is 0 Å². The van der Waals surface area contributed by atoms with Crippen LogP contribution < -0.4 is 0 Å². The third-order valence-electron chi connectivity index (χ3n) is 0.493. The first kappa shape index (κ1) is 7.44. The normalized spacial score (nSPS) is 19.6. The fraction of sp³-hybridized carbons (Fsp3) is 1.00. The molecule has 0 aliphatic rings. The van der Waals surface area contributed by atoms with Crippen molar-refractivity contribution in [2.75, 3.05) is 14.1 Å². The number of hydrogen-bond donors (Lipinski definition) is 1. The number of nitrogens with zero attached hydrogens (tertiary/aromatic N) is 1. The minimum absolute atomic E-state index is 1.06. The van der Waals surface area contributed by atoms with Crippen LogP contribution in [0.4, 0.5) is 0 Å². The summed E-state index contributed by atoms with van der Waals surface area (Å²) in [5, 5.41) is 0. The molecule has 1 atom stereocenters. The van der Waals surface area contributed by atoms with E-state index < -0.39 is 6.87 Å². The second kappa shape index (κ2) is 2.14. The quantitative estimate of drug-likeness (QED) is 0.554. The molecule has 1 N–H and O–H groups in total. The fourth-order valence-electron chi connectivity index (χ4n) is 0. The molecule has 1 unspecified atom stereocenters. The van der Waals surface area contributed by atoms with E-state index in [4.69, 9.17) is 16.1 Å². The first-order chi connectivity index (χ1) is 2.94. The van der Waals surface area contributed by atoms with E-state index in [0.717, 1.165) is 4.67 Å². The van der Waals surface area contributed by atoms with Crippen LogP contribution in [0.15, 0.2) is 0 Å². The minimum Gasteiger partial charge on any atom is -0.322 e. The molecule has 0 amide bonds. The summed E-state index contributed by atoms with van der Waals surface area (Å²) in [5.41, 5.74) is 0. The van der Waals surface area contributed by atoms with Gasteiger partial charge in [0.2, 0.25) is 0 Å². The molecule has 5 heteroatoms. The van der Waals surface area contributed by atoms with Gasteiger partial charge in [-0.15, -0.1) is 0 Å². The Balaban J connectivity index is 3.80. The molecule has 44 valence electrons. The summed E-state index contributed by atoms with van der Waals surface area (Å²) in [6.07, 6.45) is 0. The molecule has 0 rings (SSSR count). The van der Waals surface area contributed by atoms with Crippen molar-refractivity contribution in [1.82, 2.24) is 4.67 Å². The van der Waals surface area contributed by atoms with Gasteiger partial charge in [-0.2, -0.15) is 0 Å². The van der Waals surface area contributed by atoms with Crippen LogP contribution in [-0.2, 0) is 4.57 Å². The first-order valence-electron chi connectivity index (χ1n) is 1.65. The van der Waals surface area contributed by atoms with Crippen LogP contribution in [0.1, 0.15) is 0 Å². The van der Waals surface area contributed by atoms with Gasteiger partial charge in [-0.1, -0.05) is 0 Å². The van der Waals surface area contributed by atoms with Gasteiger partial charge in [-0.05, 0) is 25.3 Å². The summed E-state index contributed by atoms with van der Waals surface area (Å²) in [6, 6.07) is 0. The first-order valence-corrected chi connectivity index (χ1v) is 4.16. The Bertz CT molecular complexity index is 97.9. The van der Waals surface area contributed by atoms with E-state index in [9.17, 15) is 4.57 Å². The third-order valence-corrected chi connectivity index (χ3v) is 2.39. The highest BCUT2D eigenvalue weighted by Crippen LogP contribution is 2.47. The van der Waals surface area contributed by atoms with Crippen molar-refractivity contribution in [3.63, 3.8) is 0 Å². The van der Waals surface area contributed by atoms with Gasteiger partial charge in [-0.25, -0.2) is 4.67 Å². The Hall–Kier alpha value is 0.440. The van der Waals surface area contributed by atoms with Gasteiger partial charge in [0.1, 0.15) is 0 Å². The molecule has 0 aromatic carbocycles. The van der Waals surface area contributed by atoms with Gasteiger partial charge in [0.25, 0.3) is 0 Å². The number of hydrogen-bond acceptors (Lipinski definition) is 1. The van der Waals surface area contributed by atoms with Crippen molar-refractivity contribution in [2.45, 2.75) is 0 Å². The van der Waals surface area contributed by atoms with Crippen molar-refractivity contribution in [1.29, 1.82) is 0 Å². The number of rotatable bonds is 1. The highest BCUT2D eigenvalue weighted by Gasteiger charge is 2.14. The lowest BCUT2D eigenvalue weighted by Gasteiger charge is -2.08. The highest BCUT2D eigenvalue weighted by atomic mass is 35.7. The second-order valence-electron chi connectivity index (χ2n) is 1.32. The Kier molecular flexibility index (Phi) is 2.27. The van der Waals surface area contributed by atoms with E-state index >= 15 is 0 Å². The molecular formula is C2H7ClNO2P. The summed E-state index contributed by atoms with van der Waals surface area (Å²) in [4.78, 5) is 8.34. The fourth-order valence-corrected chi connectivity index (χ4v) is 0. The molecule has 0 bridgehead atoms. The maximum Gasteiger partial charge on any atom is 0.360 e. The Morgan fingerprint density at radius 1 is 1.71 bits per heavy atom. The van der Waals surface area contributed by atoms with Crippen molar-refractivity contribution in [3.8, 4) is 0 Å². The molecule has 0 aromatic heterocycles. The molecular weight excluding hydrogens is 136 g/mol. The highest BCUT2D eigenvalue weighted by molar-refractivity contribution is 7.82. The molecule has 0 saturated heterocycles. The zero-order valence-electron chi connectivity index (χ0n) is 4.13. The van der Waals surface area contributed by atoms with E-state index in [1.165, 1.54) is 14.1 Å². The minimum atomic E-state index is -3.43. The van der Waals surface area contributed by atoms with E-state index in [2.05, 4.69) is 0 Å². The standard InChI is InChI=1S/C2H7ClNO2P/c1-4(2)7(3,5)6/h1-2H3,(H,5,6). The van der Waals surface area contributed by atoms with E-state index in [1.807, 2.05) is 0 Å². The second-order valence-corrected chi connectivity index (χ2v) is 4.39. The van der Waals surface area contributed by atoms with Crippen LogP contribution in [0.2, 0.25) is 0 Å².